The lowest BCUT2D eigenvalue weighted by atomic mass is 10.1. The number of H-pyrrole nitrogens is 1. The van der Waals surface area contributed by atoms with Crippen LogP contribution in [0, 0.1) is 0 Å². The molecule has 0 unspecified atom stereocenters. The lowest BCUT2D eigenvalue weighted by Gasteiger charge is -2.33. The predicted octanol–water partition coefficient (Wildman–Crippen LogP) is 0.923. The Kier molecular flexibility index (Phi) is 4.25. The number of aromatic amines is 1. The summed E-state index contributed by atoms with van der Waals surface area (Å²) in [6.45, 7) is 2.51. The van der Waals surface area contributed by atoms with Gasteiger partial charge in [-0.1, -0.05) is 0 Å². The number of nitrogens with one attached hydrogen (secondary N) is 2. The highest BCUT2D eigenvalue weighted by molar-refractivity contribution is 5.36. The minimum absolute atomic E-state index is 0.118. The van der Waals surface area contributed by atoms with Crippen LogP contribution in [0.1, 0.15) is 18.4 Å². The third-order valence-corrected chi connectivity index (χ3v) is 3.75. The van der Waals surface area contributed by atoms with E-state index in [0.29, 0.717) is 11.9 Å². The molecule has 3 rings (SSSR count). The van der Waals surface area contributed by atoms with Crippen molar-refractivity contribution in [3.63, 3.8) is 0 Å². The van der Waals surface area contributed by atoms with Gasteiger partial charge >= 0.3 is 0 Å². The SMILES string of the molecule is O=c1[nH]ccnc1N1CCC[C@H](NCc2ccncc2)C1. The molecule has 2 aromatic rings. The molecule has 0 bridgehead atoms. The summed E-state index contributed by atoms with van der Waals surface area (Å²) in [5.41, 5.74) is 1.10. The number of nitrogens with zero attached hydrogens (tertiary/aromatic N) is 3. The van der Waals surface area contributed by atoms with Crippen molar-refractivity contribution in [1.82, 2.24) is 20.3 Å². The highest BCUT2D eigenvalue weighted by atomic mass is 16.1. The van der Waals surface area contributed by atoms with Gasteiger partial charge in [-0.25, -0.2) is 4.98 Å². The van der Waals surface area contributed by atoms with Gasteiger partial charge in [0.05, 0.1) is 0 Å². The standard InChI is InChI=1S/C15H19N5O/c21-15-14(17-7-8-18-15)20-9-1-2-13(11-20)19-10-12-3-5-16-6-4-12/h3-8,13,19H,1-2,9-11H2,(H,18,21)/t13-/m0/s1. The van der Waals surface area contributed by atoms with E-state index in [2.05, 4.69) is 25.2 Å². The van der Waals surface area contributed by atoms with Crippen LogP contribution in [0.3, 0.4) is 0 Å². The van der Waals surface area contributed by atoms with Gasteiger partial charge in [-0.15, -0.1) is 0 Å². The summed E-state index contributed by atoms with van der Waals surface area (Å²) in [5.74, 6) is 0.521. The van der Waals surface area contributed by atoms with E-state index in [-0.39, 0.29) is 5.56 Å². The molecule has 1 aliphatic heterocycles. The van der Waals surface area contributed by atoms with Crippen molar-refractivity contribution < 1.29 is 0 Å². The second-order valence-electron chi connectivity index (χ2n) is 5.26. The molecule has 1 saturated heterocycles. The van der Waals surface area contributed by atoms with Gasteiger partial charge in [0.15, 0.2) is 5.82 Å². The summed E-state index contributed by atoms with van der Waals surface area (Å²) >= 11 is 0. The summed E-state index contributed by atoms with van der Waals surface area (Å²) < 4.78 is 0. The molecular formula is C15H19N5O. The summed E-state index contributed by atoms with van der Waals surface area (Å²) in [4.78, 5) is 24.8. The highest BCUT2D eigenvalue weighted by Crippen LogP contribution is 2.14. The highest BCUT2D eigenvalue weighted by Gasteiger charge is 2.22. The maximum absolute atomic E-state index is 11.8. The van der Waals surface area contributed by atoms with Crippen LogP contribution in [-0.4, -0.2) is 34.1 Å². The summed E-state index contributed by atoms with van der Waals surface area (Å²) in [7, 11) is 0. The minimum Gasteiger partial charge on any atom is -0.350 e. The first-order valence-electron chi connectivity index (χ1n) is 7.24. The van der Waals surface area contributed by atoms with E-state index < -0.39 is 0 Å². The van der Waals surface area contributed by atoms with Crippen LogP contribution < -0.4 is 15.8 Å². The van der Waals surface area contributed by atoms with E-state index in [0.717, 1.165) is 32.5 Å². The molecule has 2 N–H and O–H groups in total. The molecule has 6 nitrogen and oxygen atoms in total. The number of rotatable bonds is 4. The van der Waals surface area contributed by atoms with Gasteiger partial charge in [0, 0.05) is 50.5 Å². The first kappa shape index (κ1) is 13.8. The molecule has 6 heteroatoms. The Hall–Kier alpha value is -2.21. The quantitative estimate of drug-likeness (QED) is 0.874. The normalized spacial score (nSPS) is 18.7. The van der Waals surface area contributed by atoms with E-state index in [1.54, 1.807) is 24.8 Å². The topological polar surface area (TPSA) is 73.9 Å². The van der Waals surface area contributed by atoms with Crippen molar-refractivity contribution in [2.24, 2.45) is 0 Å². The molecule has 21 heavy (non-hydrogen) atoms. The van der Waals surface area contributed by atoms with Gasteiger partial charge in [-0.05, 0) is 30.5 Å². The molecule has 3 heterocycles. The molecule has 110 valence electrons. The summed E-state index contributed by atoms with van der Waals surface area (Å²) in [6.07, 6.45) is 8.98. The van der Waals surface area contributed by atoms with Crippen LogP contribution in [-0.2, 0) is 6.54 Å². The van der Waals surface area contributed by atoms with Crippen LogP contribution in [0.15, 0.2) is 41.7 Å². The van der Waals surface area contributed by atoms with Crippen LogP contribution in [0.25, 0.3) is 0 Å². The Labute approximate surface area is 123 Å². The molecule has 0 saturated carbocycles. The molecule has 1 atom stereocenters. The predicted molar refractivity (Wildman–Crippen MR) is 81.2 cm³/mol. The van der Waals surface area contributed by atoms with Crippen LogP contribution in [0.5, 0.6) is 0 Å². The molecule has 0 aliphatic carbocycles. The van der Waals surface area contributed by atoms with Crippen LogP contribution >= 0.6 is 0 Å². The Morgan fingerprint density at radius 1 is 1.33 bits per heavy atom. The Balaban J connectivity index is 1.61. The number of pyridine rings is 1. The second kappa shape index (κ2) is 6.49. The smallest absolute Gasteiger partial charge is 0.290 e. The van der Waals surface area contributed by atoms with Gasteiger partial charge in [-0.2, -0.15) is 0 Å². The zero-order chi connectivity index (χ0) is 14.5. The summed E-state index contributed by atoms with van der Waals surface area (Å²) in [6, 6.07) is 4.39. The molecule has 1 aliphatic rings. The van der Waals surface area contributed by atoms with E-state index in [1.165, 1.54) is 5.56 Å². The van der Waals surface area contributed by atoms with Crippen molar-refractivity contribution >= 4 is 5.82 Å². The van der Waals surface area contributed by atoms with Gasteiger partial charge in [-0.3, -0.25) is 9.78 Å². The molecule has 0 amide bonds. The van der Waals surface area contributed by atoms with Crippen molar-refractivity contribution in [3.05, 3.63) is 52.8 Å². The first-order valence-corrected chi connectivity index (χ1v) is 7.24. The first-order chi connectivity index (χ1) is 10.3. The average Bonchev–Trinajstić information content (AvgIpc) is 2.55. The molecule has 2 aromatic heterocycles. The van der Waals surface area contributed by atoms with Gasteiger partial charge in [0.1, 0.15) is 0 Å². The third-order valence-electron chi connectivity index (χ3n) is 3.75. The van der Waals surface area contributed by atoms with Crippen molar-refractivity contribution in [1.29, 1.82) is 0 Å². The van der Waals surface area contributed by atoms with Crippen molar-refractivity contribution in [3.8, 4) is 0 Å². The number of aromatic nitrogens is 3. The lowest BCUT2D eigenvalue weighted by molar-refractivity contribution is 0.419. The number of hydrogen-bond donors (Lipinski definition) is 2. The van der Waals surface area contributed by atoms with Gasteiger partial charge < -0.3 is 15.2 Å². The van der Waals surface area contributed by atoms with E-state index in [9.17, 15) is 4.79 Å². The summed E-state index contributed by atoms with van der Waals surface area (Å²) in [5, 5.41) is 3.55. The maximum atomic E-state index is 11.8. The Morgan fingerprint density at radius 3 is 3.00 bits per heavy atom. The number of anilines is 1. The molecule has 0 radical (unpaired) electrons. The van der Waals surface area contributed by atoms with Gasteiger partial charge in [0.25, 0.3) is 5.56 Å². The van der Waals surface area contributed by atoms with Gasteiger partial charge in [0.2, 0.25) is 0 Å². The Bertz CT molecular complexity index is 627. The van der Waals surface area contributed by atoms with Crippen LogP contribution in [0.4, 0.5) is 5.82 Å². The molecule has 0 aromatic carbocycles. The van der Waals surface area contributed by atoms with Crippen LogP contribution in [0.2, 0.25) is 0 Å². The third kappa shape index (κ3) is 3.46. The average molecular weight is 285 g/mol. The monoisotopic (exact) mass is 285 g/mol. The molecule has 1 fully saturated rings. The fourth-order valence-electron chi connectivity index (χ4n) is 2.67. The maximum Gasteiger partial charge on any atom is 0.290 e. The zero-order valence-electron chi connectivity index (χ0n) is 11.8. The van der Waals surface area contributed by atoms with E-state index >= 15 is 0 Å². The molecule has 0 spiro atoms. The Morgan fingerprint density at radius 2 is 2.19 bits per heavy atom. The largest absolute Gasteiger partial charge is 0.350 e. The fourth-order valence-corrected chi connectivity index (χ4v) is 2.67. The lowest BCUT2D eigenvalue weighted by Crippen LogP contribution is -2.47. The van der Waals surface area contributed by atoms with E-state index in [1.807, 2.05) is 12.1 Å². The fraction of sp³-hybridized carbons (Fsp3) is 0.400. The van der Waals surface area contributed by atoms with Crippen molar-refractivity contribution in [2.75, 3.05) is 18.0 Å². The second-order valence-corrected chi connectivity index (χ2v) is 5.26. The zero-order valence-corrected chi connectivity index (χ0v) is 11.8. The minimum atomic E-state index is -0.118. The number of hydrogen-bond acceptors (Lipinski definition) is 5. The molecular weight excluding hydrogens is 266 g/mol. The van der Waals surface area contributed by atoms with E-state index in [4.69, 9.17) is 0 Å². The van der Waals surface area contributed by atoms with Crippen molar-refractivity contribution in [2.45, 2.75) is 25.4 Å². The number of piperidine rings is 1.